The van der Waals surface area contributed by atoms with Gasteiger partial charge in [0.1, 0.15) is 6.10 Å². The first-order valence-electron chi connectivity index (χ1n) is 13.5. The van der Waals surface area contributed by atoms with Gasteiger partial charge in [-0.3, -0.25) is 4.79 Å². The maximum atomic E-state index is 13.6. The first-order chi connectivity index (χ1) is 17.7. The zero-order valence-corrected chi connectivity index (χ0v) is 23.4. The Morgan fingerprint density at radius 2 is 1.79 bits per heavy atom. The van der Waals surface area contributed by atoms with Crippen molar-refractivity contribution in [3.8, 4) is 11.5 Å². The molecular weight excluding hydrogens is 478 g/mol. The number of hydrogen-bond acceptors (Lipinski definition) is 5. The van der Waals surface area contributed by atoms with Gasteiger partial charge in [0.15, 0.2) is 38.6 Å². The van der Waals surface area contributed by atoms with Crippen LogP contribution in [0.4, 0.5) is 5.69 Å². The number of carbonyl (C=O) groups excluding carboxylic acids is 1. The molecule has 0 radical (unpaired) electrons. The van der Waals surface area contributed by atoms with E-state index in [1.807, 2.05) is 53.8 Å². The van der Waals surface area contributed by atoms with Crippen LogP contribution >= 0.6 is 0 Å². The summed E-state index contributed by atoms with van der Waals surface area (Å²) in [5.41, 5.74) is 2.85. The van der Waals surface area contributed by atoms with Crippen LogP contribution in [0.1, 0.15) is 58.7 Å². The van der Waals surface area contributed by atoms with Crippen molar-refractivity contribution < 1.29 is 23.7 Å². The third kappa shape index (κ3) is 4.50. The minimum absolute atomic E-state index is 0.0110. The van der Waals surface area contributed by atoms with Gasteiger partial charge >= 0.3 is 0 Å². The van der Waals surface area contributed by atoms with Crippen LogP contribution in [-0.2, 0) is 31.6 Å². The Morgan fingerprint density at radius 1 is 1.05 bits per heavy atom. The van der Waals surface area contributed by atoms with Crippen LogP contribution in [0, 0.1) is 0 Å². The fraction of sp³-hybridized carbons (Fsp3) is 0.483. The molecule has 0 spiro atoms. The first kappa shape index (κ1) is 25.4. The van der Waals surface area contributed by atoms with Crippen molar-refractivity contribution in [2.45, 2.75) is 82.3 Å². The van der Waals surface area contributed by atoms with E-state index in [0.29, 0.717) is 12.4 Å². The molecule has 1 N–H and O–H groups in total. The summed E-state index contributed by atoms with van der Waals surface area (Å²) in [4.78, 5) is 13.6. The smallest absolute Gasteiger partial charge is 0.235 e. The van der Waals surface area contributed by atoms with E-state index in [9.17, 15) is 4.79 Å². The molecule has 1 atom stereocenters. The van der Waals surface area contributed by atoms with Crippen LogP contribution in [-0.4, -0.2) is 50.3 Å². The lowest BCUT2D eigenvalue weighted by atomic mass is 9.76. The topological polar surface area (TPSA) is 71.0 Å². The summed E-state index contributed by atoms with van der Waals surface area (Å²) in [5.74, 6) is 0.880. The summed E-state index contributed by atoms with van der Waals surface area (Å²) < 4.78 is 26.0. The minimum Gasteiger partial charge on any atom is -0.467 e. The molecule has 1 amide bonds. The van der Waals surface area contributed by atoms with Crippen molar-refractivity contribution in [1.29, 1.82) is 0 Å². The van der Waals surface area contributed by atoms with E-state index in [1.165, 1.54) is 5.69 Å². The number of anilines is 1. The lowest BCUT2D eigenvalue weighted by Gasteiger charge is -2.24. The van der Waals surface area contributed by atoms with Gasteiger partial charge in [-0.1, -0.05) is 26.8 Å². The van der Waals surface area contributed by atoms with Crippen LogP contribution < -0.4 is 14.8 Å². The van der Waals surface area contributed by atoms with Crippen LogP contribution in [0.2, 0.25) is 0 Å². The molecule has 2 aliphatic heterocycles. The first-order valence-corrected chi connectivity index (χ1v) is 13.5. The monoisotopic (exact) mass is 514 g/mol. The normalized spacial score (nSPS) is 22.5. The van der Waals surface area contributed by atoms with E-state index in [1.54, 1.807) is 0 Å². The van der Waals surface area contributed by atoms with Gasteiger partial charge in [-0.05, 0) is 68.7 Å². The molecule has 0 bridgehead atoms. The van der Waals surface area contributed by atoms with Gasteiger partial charge in [-0.2, -0.15) is 0 Å². The highest BCUT2D eigenvalue weighted by atomic mass is 16.7. The number of aromatic nitrogens is 1. The van der Waals surface area contributed by atoms with Gasteiger partial charge in [0.25, 0.3) is 0 Å². The number of hydrogen-bond donors (Lipinski definition) is 1. The Kier molecular flexibility index (Phi) is 5.54. The molecule has 198 valence electrons. The quantitative estimate of drug-likeness (QED) is 0.529. The van der Waals surface area contributed by atoms with Gasteiger partial charge in [0, 0.05) is 27.7 Å². The summed E-state index contributed by atoms with van der Waals surface area (Å²) in [6, 6.07) is 14.3. The highest BCUT2D eigenvalue weighted by Gasteiger charge is 2.52. The Morgan fingerprint density at radius 3 is 2.45 bits per heavy atom. The molecule has 1 aliphatic carbocycles. The van der Waals surface area contributed by atoms with Crippen molar-refractivity contribution >= 4 is 38.2 Å². The molecule has 6 rings (SSSR count). The molecule has 2 aromatic carbocycles. The van der Waals surface area contributed by atoms with E-state index in [4.69, 9.17) is 18.9 Å². The molecule has 3 heterocycles. The van der Waals surface area contributed by atoms with E-state index in [0.717, 1.165) is 47.3 Å². The fourth-order valence-corrected chi connectivity index (χ4v) is 5.77. The Bertz CT molecular complexity index is 1430. The molecule has 1 saturated heterocycles. The third-order valence-electron chi connectivity index (χ3n) is 7.77. The SMILES string of the molecule is BC1(B)Oc2ccc(C3(C(=O)Nc4ccc5c(c4)cc(C(C)(C)C)n5C[C@@H]4COC(C)(C)O4)CC3)cc2O1. The van der Waals surface area contributed by atoms with Crippen molar-refractivity contribution in [1.82, 2.24) is 4.57 Å². The number of fused-ring (bicyclic) bond motifs is 2. The molecule has 1 aromatic heterocycles. The van der Waals surface area contributed by atoms with E-state index in [2.05, 4.69) is 48.9 Å². The Labute approximate surface area is 226 Å². The summed E-state index contributed by atoms with van der Waals surface area (Å²) in [6.07, 6.45) is 1.62. The Hall–Kier alpha value is -2.90. The molecule has 9 heteroatoms. The summed E-state index contributed by atoms with van der Waals surface area (Å²) in [7, 11) is 3.77. The van der Waals surface area contributed by atoms with Crippen molar-refractivity contribution in [2.75, 3.05) is 11.9 Å². The second-order valence-electron chi connectivity index (χ2n) is 12.9. The zero-order valence-electron chi connectivity index (χ0n) is 23.4. The largest absolute Gasteiger partial charge is 0.467 e. The van der Waals surface area contributed by atoms with Gasteiger partial charge in [-0.25, -0.2) is 0 Å². The number of amides is 1. The average Bonchev–Trinajstić information content (AvgIpc) is 3.32. The minimum atomic E-state index is -0.690. The predicted octanol–water partition coefficient (Wildman–Crippen LogP) is 3.41. The van der Waals surface area contributed by atoms with E-state index >= 15 is 0 Å². The second kappa shape index (κ2) is 8.30. The molecule has 1 saturated carbocycles. The van der Waals surface area contributed by atoms with Crippen LogP contribution in [0.15, 0.2) is 42.5 Å². The third-order valence-corrected chi connectivity index (χ3v) is 7.77. The molecule has 7 nitrogen and oxygen atoms in total. The number of rotatable bonds is 5. The number of ether oxygens (including phenoxy) is 4. The zero-order chi connectivity index (χ0) is 27.1. The predicted molar refractivity (Wildman–Crippen MR) is 153 cm³/mol. The molecule has 38 heavy (non-hydrogen) atoms. The summed E-state index contributed by atoms with van der Waals surface area (Å²) >= 11 is 0. The van der Waals surface area contributed by atoms with Crippen LogP contribution in [0.3, 0.4) is 0 Å². The second-order valence-corrected chi connectivity index (χ2v) is 12.9. The number of nitrogens with one attached hydrogen (secondary N) is 1. The highest BCUT2D eigenvalue weighted by molar-refractivity contribution is 6.38. The lowest BCUT2D eigenvalue weighted by molar-refractivity contribution is -0.139. The lowest BCUT2D eigenvalue weighted by Crippen LogP contribution is -2.39. The van der Waals surface area contributed by atoms with Gasteiger partial charge in [-0.15, -0.1) is 0 Å². The van der Waals surface area contributed by atoms with E-state index in [-0.39, 0.29) is 17.4 Å². The van der Waals surface area contributed by atoms with Gasteiger partial charge in [0.05, 0.1) is 18.6 Å². The van der Waals surface area contributed by atoms with Gasteiger partial charge < -0.3 is 28.8 Å². The summed E-state index contributed by atoms with van der Waals surface area (Å²) in [6.45, 7) is 11.9. The van der Waals surface area contributed by atoms with Crippen LogP contribution in [0.5, 0.6) is 11.5 Å². The standard InChI is InChI=1S/C29H36B2N2O5/c1-26(2,3)24-13-17-12-19(7-8-21(17)33(24)15-20-16-35-27(4,5)36-20)32-25(34)28(10-11-28)18-6-9-22-23(14-18)38-29(30,31)37-22/h6-9,12-14,20H,10-11,15-16,30-31H2,1-5H3,(H,32,34)/t20-/m1/s1. The highest BCUT2D eigenvalue weighted by Crippen LogP contribution is 2.51. The van der Waals surface area contributed by atoms with E-state index < -0.39 is 16.8 Å². The average molecular weight is 514 g/mol. The number of nitrogens with zero attached hydrogens (tertiary/aromatic N) is 1. The summed E-state index contributed by atoms with van der Waals surface area (Å²) in [5, 5.41) is 4.30. The molecule has 0 unspecified atom stereocenters. The van der Waals surface area contributed by atoms with Gasteiger partial charge in [0.2, 0.25) is 5.91 Å². The van der Waals surface area contributed by atoms with Crippen LogP contribution in [0.25, 0.3) is 10.9 Å². The molecular formula is C29H36B2N2O5. The number of benzene rings is 2. The molecule has 2 fully saturated rings. The fourth-order valence-electron chi connectivity index (χ4n) is 5.77. The Balaban J connectivity index is 1.26. The maximum Gasteiger partial charge on any atom is 0.235 e. The molecule has 3 aromatic rings. The maximum absolute atomic E-state index is 13.6. The van der Waals surface area contributed by atoms with Crippen molar-refractivity contribution in [3.63, 3.8) is 0 Å². The number of carbonyl (C=O) groups is 1. The molecule has 3 aliphatic rings. The van der Waals surface area contributed by atoms with Crippen molar-refractivity contribution in [2.24, 2.45) is 0 Å². The van der Waals surface area contributed by atoms with Crippen molar-refractivity contribution in [3.05, 3.63) is 53.7 Å².